The van der Waals surface area contributed by atoms with Gasteiger partial charge in [-0.05, 0) is 41.9 Å². The number of carbonyl (C=O) groups is 1. The number of thiophene rings is 1. The molecule has 0 spiro atoms. The van der Waals surface area contributed by atoms with Gasteiger partial charge in [0.05, 0.1) is 17.9 Å². The van der Waals surface area contributed by atoms with Crippen molar-refractivity contribution in [3.63, 3.8) is 0 Å². The number of hydrogen-bond donors (Lipinski definition) is 1. The molecule has 1 aromatic heterocycles. The van der Waals surface area contributed by atoms with Crippen LogP contribution in [0.1, 0.15) is 48.1 Å². The second-order valence-electron chi connectivity index (χ2n) is 6.85. The number of carboxylic acid groups (broad SMARTS) is 1. The first kappa shape index (κ1) is 18.9. The third-order valence-electron chi connectivity index (χ3n) is 4.40. The van der Waals surface area contributed by atoms with Crippen molar-refractivity contribution in [1.82, 2.24) is 0 Å². The molecule has 5 heteroatoms. The molecular weight excluding hydrogens is 364 g/mol. The van der Waals surface area contributed by atoms with E-state index in [2.05, 4.69) is 44.7 Å². The Kier molecular flexibility index (Phi) is 5.64. The monoisotopic (exact) mass is 386 g/mol. The third kappa shape index (κ3) is 4.25. The van der Waals surface area contributed by atoms with E-state index in [0.29, 0.717) is 0 Å². The molecule has 0 fully saturated rings. The normalized spacial score (nSPS) is 14.7. The van der Waals surface area contributed by atoms with Gasteiger partial charge in [-0.15, -0.1) is 23.1 Å². The Hall–Kier alpha value is -1.90. The van der Waals surface area contributed by atoms with Crippen molar-refractivity contribution in [2.75, 3.05) is 12.4 Å². The van der Waals surface area contributed by atoms with E-state index in [9.17, 15) is 4.79 Å². The van der Waals surface area contributed by atoms with Crippen molar-refractivity contribution in [2.45, 2.75) is 43.9 Å². The van der Waals surface area contributed by atoms with E-state index >= 15 is 0 Å². The average Bonchev–Trinajstić information content (AvgIpc) is 3.00. The van der Waals surface area contributed by atoms with Gasteiger partial charge in [-0.25, -0.2) is 0 Å². The summed E-state index contributed by atoms with van der Waals surface area (Å²) in [6.45, 7) is 7.37. The first-order chi connectivity index (χ1) is 12.4. The molecule has 2 aromatic rings. The zero-order chi connectivity index (χ0) is 18.7. The van der Waals surface area contributed by atoms with Gasteiger partial charge in [0, 0.05) is 20.9 Å². The number of aliphatic carboxylic acids is 1. The molecule has 0 saturated carbocycles. The molecule has 3 rings (SSSR count). The van der Waals surface area contributed by atoms with E-state index < -0.39 is 5.97 Å². The van der Waals surface area contributed by atoms with Crippen molar-refractivity contribution in [2.24, 2.45) is 0 Å². The minimum Gasteiger partial charge on any atom is -0.493 e. The van der Waals surface area contributed by atoms with Gasteiger partial charge in [0.2, 0.25) is 0 Å². The highest BCUT2D eigenvalue weighted by Crippen LogP contribution is 2.41. The molecule has 2 heterocycles. The van der Waals surface area contributed by atoms with Crippen LogP contribution in [0.25, 0.3) is 0 Å². The Morgan fingerprint density at radius 3 is 2.88 bits per heavy atom. The van der Waals surface area contributed by atoms with Crippen LogP contribution in [0.3, 0.4) is 0 Å². The molecule has 0 amide bonds. The van der Waals surface area contributed by atoms with Gasteiger partial charge in [-0.1, -0.05) is 32.6 Å². The van der Waals surface area contributed by atoms with E-state index in [0.717, 1.165) is 44.7 Å². The Morgan fingerprint density at radius 1 is 1.35 bits per heavy atom. The Balaban J connectivity index is 1.96. The molecule has 0 aliphatic carbocycles. The standard InChI is InChI=1S/C21H22O3S2/c1-4-25-19-13-18-17(21(2,3)9-10-24-18)11-14(19)5-6-15-7-8-16(26-15)12-20(22)23/h7-8,11,13H,4,9-10,12H2,1-3H3,(H,22,23). The second-order valence-corrected chi connectivity index (χ2v) is 9.32. The maximum Gasteiger partial charge on any atom is 0.308 e. The average molecular weight is 387 g/mol. The molecule has 136 valence electrons. The third-order valence-corrected chi connectivity index (χ3v) is 6.34. The molecule has 0 atom stereocenters. The lowest BCUT2D eigenvalue weighted by Gasteiger charge is -2.33. The first-order valence-corrected chi connectivity index (χ1v) is 10.5. The zero-order valence-corrected chi connectivity index (χ0v) is 16.9. The second kappa shape index (κ2) is 7.77. The van der Waals surface area contributed by atoms with Crippen molar-refractivity contribution in [3.8, 4) is 17.6 Å². The van der Waals surface area contributed by atoms with Gasteiger partial charge in [-0.2, -0.15) is 0 Å². The van der Waals surface area contributed by atoms with Gasteiger partial charge < -0.3 is 9.84 Å². The predicted octanol–water partition coefficient (Wildman–Crippen LogP) is 4.95. The number of fused-ring (bicyclic) bond motifs is 1. The van der Waals surface area contributed by atoms with Crippen LogP contribution in [0.4, 0.5) is 0 Å². The number of rotatable bonds is 4. The van der Waals surface area contributed by atoms with Crippen molar-refractivity contribution >= 4 is 29.1 Å². The van der Waals surface area contributed by atoms with Crippen LogP contribution in [0, 0.1) is 11.8 Å². The minimum atomic E-state index is -0.815. The summed E-state index contributed by atoms with van der Waals surface area (Å²) in [6, 6.07) is 8.03. The van der Waals surface area contributed by atoms with Crippen LogP contribution >= 0.6 is 23.1 Å². The highest BCUT2D eigenvalue weighted by Gasteiger charge is 2.29. The molecule has 0 radical (unpaired) electrons. The quantitative estimate of drug-likeness (QED) is 0.597. The van der Waals surface area contributed by atoms with Crippen LogP contribution in [-0.4, -0.2) is 23.4 Å². The van der Waals surface area contributed by atoms with Crippen molar-refractivity contribution in [1.29, 1.82) is 0 Å². The largest absolute Gasteiger partial charge is 0.493 e. The number of thioether (sulfide) groups is 1. The lowest BCUT2D eigenvalue weighted by molar-refractivity contribution is -0.136. The van der Waals surface area contributed by atoms with Gasteiger partial charge >= 0.3 is 5.97 Å². The fraction of sp³-hybridized carbons (Fsp3) is 0.381. The van der Waals surface area contributed by atoms with Crippen LogP contribution in [0.15, 0.2) is 29.2 Å². The fourth-order valence-electron chi connectivity index (χ4n) is 2.95. The molecule has 26 heavy (non-hydrogen) atoms. The summed E-state index contributed by atoms with van der Waals surface area (Å²) in [7, 11) is 0. The molecule has 0 saturated heterocycles. The molecule has 3 nitrogen and oxygen atoms in total. The molecule has 0 unspecified atom stereocenters. The lowest BCUT2D eigenvalue weighted by Crippen LogP contribution is -2.26. The maximum absolute atomic E-state index is 10.8. The highest BCUT2D eigenvalue weighted by atomic mass is 32.2. The van der Waals surface area contributed by atoms with E-state index in [1.807, 2.05) is 12.1 Å². The molecule has 1 aliphatic rings. The summed E-state index contributed by atoms with van der Waals surface area (Å²) >= 11 is 3.21. The Bertz CT molecular complexity index is 884. The summed E-state index contributed by atoms with van der Waals surface area (Å²) in [6.07, 6.45) is 1.05. The van der Waals surface area contributed by atoms with E-state index in [1.54, 1.807) is 11.8 Å². The fourth-order valence-corrected chi connectivity index (χ4v) is 4.57. The lowest BCUT2D eigenvalue weighted by atomic mass is 9.79. The van der Waals surface area contributed by atoms with Crippen molar-refractivity contribution < 1.29 is 14.6 Å². The number of ether oxygens (including phenoxy) is 1. The summed E-state index contributed by atoms with van der Waals surface area (Å²) in [5, 5.41) is 8.90. The van der Waals surface area contributed by atoms with Gasteiger partial charge in [0.25, 0.3) is 0 Å². The Labute approximate surface area is 162 Å². The summed E-state index contributed by atoms with van der Waals surface area (Å²) in [4.78, 5) is 13.7. The molecule has 0 bridgehead atoms. The minimum absolute atomic E-state index is 0.0493. The highest BCUT2D eigenvalue weighted by molar-refractivity contribution is 7.99. The van der Waals surface area contributed by atoms with Crippen molar-refractivity contribution in [3.05, 3.63) is 45.1 Å². The van der Waals surface area contributed by atoms with Crippen LogP contribution in [0.5, 0.6) is 5.75 Å². The number of benzene rings is 1. The predicted molar refractivity (Wildman–Crippen MR) is 108 cm³/mol. The SMILES string of the molecule is CCSc1cc2c(cc1C#Cc1ccc(CC(=O)O)s1)C(C)(C)CCO2. The zero-order valence-electron chi connectivity index (χ0n) is 15.2. The van der Waals surface area contributed by atoms with Crippen LogP contribution in [0.2, 0.25) is 0 Å². The van der Waals surface area contributed by atoms with E-state index in [-0.39, 0.29) is 11.8 Å². The molecule has 1 aliphatic heterocycles. The number of carboxylic acids is 1. The smallest absolute Gasteiger partial charge is 0.308 e. The molecule has 1 N–H and O–H groups in total. The van der Waals surface area contributed by atoms with E-state index in [1.165, 1.54) is 16.9 Å². The summed E-state index contributed by atoms with van der Waals surface area (Å²) in [5.74, 6) is 7.65. The summed E-state index contributed by atoms with van der Waals surface area (Å²) in [5.41, 5.74) is 2.31. The van der Waals surface area contributed by atoms with Gasteiger partial charge in [0.15, 0.2) is 0 Å². The van der Waals surface area contributed by atoms with Gasteiger partial charge in [0.1, 0.15) is 5.75 Å². The first-order valence-electron chi connectivity index (χ1n) is 8.65. The van der Waals surface area contributed by atoms with Gasteiger partial charge in [-0.3, -0.25) is 4.79 Å². The topological polar surface area (TPSA) is 46.5 Å². The summed E-state index contributed by atoms with van der Waals surface area (Å²) < 4.78 is 5.89. The number of hydrogen-bond acceptors (Lipinski definition) is 4. The molecule has 1 aromatic carbocycles. The molecular formula is C21H22O3S2. The van der Waals surface area contributed by atoms with E-state index in [4.69, 9.17) is 9.84 Å². The van der Waals surface area contributed by atoms with Crippen LogP contribution < -0.4 is 4.74 Å². The Morgan fingerprint density at radius 2 is 2.15 bits per heavy atom. The maximum atomic E-state index is 10.8. The van der Waals surface area contributed by atoms with Crippen LogP contribution in [-0.2, 0) is 16.6 Å².